The third-order valence-electron chi connectivity index (χ3n) is 4.38. The molecule has 0 heterocycles. The Morgan fingerprint density at radius 3 is 2.52 bits per heavy atom. The van der Waals surface area contributed by atoms with E-state index in [1.165, 1.54) is 18.2 Å². The first kappa shape index (κ1) is 21.8. The zero-order valence-corrected chi connectivity index (χ0v) is 15.6. The van der Waals surface area contributed by atoms with E-state index in [0.29, 0.717) is 0 Å². The molecule has 156 valence electrons. The average molecular weight is 406 g/mol. The Bertz CT molecular complexity index is 790. The number of benzene rings is 1. The lowest BCUT2D eigenvalue weighted by atomic mass is 9.89. The van der Waals surface area contributed by atoms with Crippen LogP contribution in [-0.2, 0) is 19.1 Å². The van der Waals surface area contributed by atoms with Gasteiger partial charge in [-0.1, -0.05) is 25.3 Å². The van der Waals surface area contributed by atoms with Crippen molar-refractivity contribution < 1.29 is 28.8 Å². The van der Waals surface area contributed by atoms with Gasteiger partial charge in [-0.05, 0) is 18.9 Å². The topological polar surface area (TPSA) is 157 Å². The molecule has 0 atom stereocenters. The first-order valence-electron chi connectivity index (χ1n) is 9.14. The third-order valence-corrected chi connectivity index (χ3v) is 4.38. The van der Waals surface area contributed by atoms with E-state index >= 15 is 0 Å². The molecule has 11 heteroatoms. The monoisotopic (exact) mass is 406 g/mol. The van der Waals surface area contributed by atoms with Gasteiger partial charge in [0.1, 0.15) is 6.54 Å². The van der Waals surface area contributed by atoms with Gasteiger partial charge in [0.05, 0.1) is 4.92 Å². The second-order valence-electron chi connectivity index (χ2n) is 6.52. The second kappa shape index (κ2) is 10.7. The van der Waals surface area contributed by atoms with Gasteiger partial charge in [-0.15, -0.1) is 0 Å². The van der Waals surface area contributed by atoms with Gasteiger partial charge in [-0.25, -0.2) is 0 Å². The van der Waals surface area contributed by atoms with Crippen molar-refractivity contribution in [3.63, 3.8) is 0 Å². The van der Waals surface area contributed by atoms with Crippen molar-refractivity contribution in [2.45, 2.75) is 32.1 Å². The first-order chi connectivity index (χ1) is 13.9. The molecule has 0 saturated heterocycles. The number of hydrogen-bond donors (Lipinski definition) is 3. The zero-order valence-electron chi connectivity index (χ0n) is 15.6. The quantitative estimate of drug-likeness (QED) is 0.340. The number of nitrogens with zero attached hydrogens (tertiary/aromatic N) is 1. The molecule has 0 aromatic heterocycles. The smallest absolute Gasteiger partial charge is 0.325 e. The lowest BCUT2D eigenvalue weighted by molar-refractivity contribution is -0.384. The molecule has 1 aromatic carbocycles. The lowest BCUT2D eigenvalue weighted by Gasteiger charge is -2.20. The maximum Gasteiger partial charge on any atom is 0.325 e. The van der Waals surface area contributed by atoms with Crippen molar-refractivity contribution in [1.82, 2.24) is 16.2 Å². The molecule has 0 spiro atoms. The largest absolute Gasteiger partial charge is 0.454 e. The molecule has 1 aliphatic carbocycles. The Morgan fingerprint density at radius 2 is 1.83 bits per heavy atom. The Morgan fingerprint density at radius 1 is 1.10 bits per heavy atom. The number of hydrazine groups is 1. The minimum atomic E-state index is -0.810. The molecule has 2 rings (SSSR count). The predicted octanol–water partition coefficient (Wildman–Crippen LogP) is 0.596. The summed E-state index contributed by atoms with van der Waals surface area (Å²) >= 11 is 0. The number of nitrogens with one attached hydrogen (secondary N) is 3. The van der Waals surface area contributed by atoms with Crippen LogP contribution in [0.5, 0.6) is 0 Å². The van der Waals surface area contributed by atoms with Gasteiger partial charge < -0.3 is 10.1 Å². The lowest BCUT2D eigenvalue weighted by Crippen LogP contribution is -2.44. The van der Waals surface area contributed by atoms with Gasteiger partial charge >= 0.3 is 5.97 Å². The fraction of sp³-hybridized carbons (Fsp3) is 0.444. The molecule has 0 radical (unpaired) electrons. The predicted molar refractivity (Wildman–Crippen MR) is 99.2 cm³/mol. The molecule has 1 fully saturated rings. The Kier molecular flexibility index (Phi) is 8.07. The Labute approximate surface area is 166 Å². The van der Waals surface area contributed by atoms with E-state index in [1.807, 2.05) is 5.43 Å². The van der Waals surface area contributed by atoms with E-state index < -0.39 is 29.3 Å². The van der Waals surface area contributed by atoms with E-state index in [-0.39, 0.29) is 29.6 Å². The Hall–Kier alpha value is -3.50. The van der Waals surface area contributed by atoms with Crippen LogP contribution in [0.4, 0.5) is 5.69 Å². The maximum atomic E-state index is 11.9. The van der Waals surface area contributed by atoms with Crippen molar-refractivity contribution in [1.29, 1.82) is 0 Å². The summed E-state index contributed by atoms with van der Waals surface area (Å²) in [6.45, 7) is -1.00. The van der Waals surface area contributed by atoms with E-state index in [9.17, 15) is 29.3 Å². The first-order valence-corrected chi connectivity index (χ1v) is 9.14. The number of carbonyl (C=O) groups is 4. The molecule has 3 amide bonds. The van der Waals surface area contributed by atoms with Crippen LogP contribution in [0.25, 0.3) is 0 Å². The summed E-state index contributed by atoms with van der Waals surface area (Å²) in [5.41, 5.74) is 3.79. The van der Waals surface area contributed by atoms with Crippen LogP contribution < -0.4 is 16.2 Å². The van der Waals surface area contributed by atoms with E-state index in [4.69, 9.17) is 4.74 Å². The number of ether oxygens (including phenoxy) is 1. The van der Waals surface area contributed by atoms with E-state index in [1.54, 1.807) is 0 Å². The number of amides is 3. The summed E-state index contributed by atoms with van der Waals surface area (Å²) in [6.07, 6.45) is 4.69. The summed E-state index contributed by atoms with van der Waals surface area (Å²) < 4.78 is 4.72. The van der Waals surface area contributed by atoms with Crippen molar-refractivity contribution in [2.24, 2.45) is 5.92 Å². The molecule has 1 aromatic rings. The fourth-order valence-electron chi connectivity index (χ4n) is 2.86. The minimum Gasteiger partial charge on any atom is -0.454 e. The third kappa shape index (κ3) is 7.20. The number of esters is 1. The summed E-state index contributed by atoms with van der Waals surface area (Å²) in [6, 6.07) is 4.94. The van der Waals surface area contributed by atoms with E-state index in [0.717, 1.165) is 38.2 Å². The second-order valence-corrected chi connectivity index (χ2v) is 6.52. The number of non-ortho nitro benzene ring substituents is 1. The number of nitro groups is 1. The van der Waals surface area contributed by atoms with Gasteiger partial charge in [0.2, 0.25) is 5.91 Å². The van der Waals surface area contributed by atoms with Crippen molar-refractivity contribution in [3.05, 3.63) is 39.9 Å². The summed E-state index contributed by atoms with van der Waals surface area (Å²) in [4.78, 5) is 57.1. The number of hydrogen-bond acceptors (Lipinski definition) is 7. The molecular weight excluding hydrogens is 384 g/mol. The highest BCUT2D eigenvalue weighted by atomic mass is 16.6. The highest BCUT2D eigenvalue weighted by Crippen LogP contribution is 2.23. The number of carbonyl (C=O) groups excluding carboxylic acids is 4. The van der Waals surface area contributed by atoms with Crippen molar-refractivity contribution in [3.8, 4) is 0 Å². The minimum absolute atomic E-state index is 0.0260. The summed E-state index contributed by atoms with van der Waals surface area (Å²) in [5, 5.41) is 13.2. The van der Waals surface area contributed by atoms with Gasteiger partial charge in [-0.2, -0.15) is 0 Å². The zero-order chi connectivity index (χ0) is 21.2. The number of nitro benzene ring substituents is 1. The average Bonchev–Trinajstić information content (AvgIpc) is 2.74. The molecular formula is C18H22N4O7. The Balaban J connectivity index is 1.66. The SMILES string of the molecule is O=C(COC(=O)CNC(=O)C1CCCCC1)NNC(=O)c1cccc([N+](=O)[O-])c1. The van der Waals surface area contributed by atoms with E-state index in [2.05, 4.69) is 10.7 Å². The molecule has 1 saturated carbocycles. The highest BCUT2D eigenvalue weighted by molar-refractivity contribution is 5.96. The van der Waals surface area contributed by atoms with Gasteiger partial charge in [0, 0.05) is 23.6 Å². The molecule has 11 nitrogen and oxygen atoms in total. The van der Waals surface area contributed by atoms with Gasteiger partial charge in [0.15, 0.2) is 6.61 Å². The molecule has 0 bridgehead atoms. The fourth-order valence-corrected chi connectivity index (χ4v) is 2.86. The summed E-state index contributed by atoms with van der Waals surface area (Å²) in [5.74, 6) is -2.66. The van der Waals surface area contributed by atoms with Crippen LogP contribution >= 0.6 is 0 Å². The highest BCUT2D eigenvalue weighted by Gasteiger charge is 2.21. The van der Waals surface area contributed by atoms with Crippen LogP contribution in [0.2, 0.25) is 0 Å². The van der Waals surface area contributed by atoms with Crippen LogP contribution in [0.3, 0.4) is 0 Å². The van der Waals surface area contributed by atoms with Gasteiger partial charge in [0.25, 0.3) is 17.5 Å². The molecule has 0 aliphatic heterocycles. The number of rotatable bonds is 7. The summed E-state index contributed by atoms with van der Waals surface area (Å²) in [7, 11) is 0. The molecule has 1 aliphatic rings. The van der Waals surface area contributed by atoms with Crippen molar-refractivity contribution >= 4 is 29.4 Å². The normalized spacial score (nSPS) is 13.8. The molecule has 3 N–H and O–H groups in total. The maximum absolute atomic E-state index is 11.9. The standard InChI is InChI=1S/C18H22N4O7/c23-15(20-21-18(26)13-7-4-8-14(9-13)22(27)28)11-29-16(24)10-19-17(25)12-5-2-1-3-6-12/h4,7-9,12H,1-3,5-6,10-11H2,(H,19,25)(H,20,23)(H,21,26). The van der Waals surface area contributed by atoms with Crippen LogP contribution in [0.15, 0.2) is 24.3 Å². The van der Waals surface area contributed by atoms with Crippen molar-refractivity contribution in [2.75, 3.05) is 13.2 Å². The van der Waals surface area contributed by atoms with Crippen LogP contribution in [0, 0.1) is 16.0 Å². The van der Waals surface area contributed by atoms with Crippen LogP contribution in [-0.4, -0.2) is 41.8 Å². The van der Waals surface area contributed by atoms with Gasteiger partial charge in [-0.3, -0.25) is 40.1 Å². The molecule has 29 heavy (non-hydrogen) atoms. The van der Waals surface area contributed by atoms with Crippen LogP contribution in [0.1, 0.15) is 42.5 Å². The molecule has 0 unspecified atom stereocenters.